The maximum atomic E-state index is 13.5. The molecule has 3 aromatic rings. The highest BCUT2D eigenvalue weighted by molar-refractivity contribution is 9.10. The Morgan fingerprint density at radius 3 is 2.21 bits per heavy atom. The zero-order valence-corrected chi connectivity index (χ0v) is 21.8. The number of halogens is 1. The van der Waals surface area contributed by atoms with Crippen molar-refractivity contribution in [1.82, 2.24) is 10.2 Å². The average Bonchev–Trinajstić information content (AvgIpc) is 2.87. The van der Waals surface area contributed by atoms with E-state index in [0.717, 1.165) is 26.9 Å². The summed E-state index contributed by atoms with van der Waals surface area (Å²) in [4.78, 5) is 28.1. The van der Waals surface area contributed by atoms with Crippen LogP contribution in [-0.2, 0) is 28.3 Å². The second-order valence-corrected chi connectivity index (χ2v) is 9.71. The van der Waals surface area contributed by atoms with Crippen LogP contribution in [0.2, 0.25) is 0 Å². The standard InChI is InChI=1S/C27H29BrN2O3S/c1-29-27(32)25(16-20-6-4-3-5-7-20)30(17-21-8-12-23(28)13-9-21)26(31)19-34-18-22-10-14-24(33-2)15-11-22/h3-15,25H,16-19H2,1-2H3,(H,29,32). The summed E-state index contributed by atoms with van der Waals surface area (Å²) < 4.78 is 6.18. The summed E-state index contributed by atoms with van der Waals surface area (Å²) in [7, 11) is 3.25. The van der Waals surface area contributed by atoms with Crippen molar-refractivity contribution in [3.63, 3.8) is 0 Å². The summed E-state index contributed by atoms with van der Waals surface area (Å²) in [6.07, 6.45) is 0.450. The number of hydrogen-bond acceptors (Lipinski definition) is 4. The monoisotopic (exact) mass is 540 g/mol. The Labute approximate surface area is 214 Å². The Kier molecular flexibility index (Phi) is 10.0. The largest absolute Gasteiger partial charge is 0.497 e. The zero-order valence-electron chi connectivity index (χ0n) is 19.4. The van der Waals surface area contributed by atoms with Crippen molar-refractivity contribution >= 4 is 39.5 Å². The van der Waals surface area contributed by atoms with Crippen LogP contribution < -0.4 is 10.1 Å². The first kappa shape index (κ1) is 25.8. The van der Waals surface area contributed by atoms with Crippen molar-refractivity contribution in [1.29, 1.82) is 0 Å². The van der Waals surface area contributed by atoms with Crippen LogP contribution in [0.4, 0.5) is 0 Å². The van der Waals surface area contributed by atoms with E-state index in [9.17, 15) is 9.59 Å². The van der Waals surface area contributed by atoms with E-state index < -0.39 is 6.04 Å². The molecule has 1 N–H and O–H groups in total. The number of carbonyl (C=O) groups excluding carboxylic acids is 2. The summed E-state index contributed by atoms with van der Waals surface area (Å²) in [5.74, 6) is 1.55. The van der Waals surface area contributed by atoms with E-state index >= 15 is 0 Å². The minimum absolute atomic E-state index is 0.0639. The predicted octanol–water partition coefficient (Wildman–Crippen LogP) is 5.08. The number of likely N-dealkylation sites (N-methyl/N-ethyl adjacent to an activating group) is 1. The minimum atomic E-state index is -0.606. The summed E-state index contributed by atoms with van der Waals surface area (Å²) in [6, 6.07) is 24.9. The van der Waals surface area contributed by atoms with Gasteiger partial charge in [-0.15, -0.1) is 11.8 Å². The normalized spacial score (nSPS) is 11.5. The van der Waals surface area contributed by atoms with Gasteiger partial charge in [-0.25, -0.2) is 0 Å². The lowest BCUT2D eigenvalue weighted by Gasteiger charge is -2.31. The molecule has 0 fully saturated rings. The second kappa shape index (κ2) is 13.2. The molecule has 0 aliphatic rings. The Balaban J connectivity index is 1.77. The molecule has 178 valence electrons. The number of rotatable bonds is 11. The number of nitrogens with zero attached hydrogens (tertiary/aromatic N) is 1. The van der Waals surface area contributed by atoms with Crippen LogP contribution in [0.15, 0.2) is 83.3 Å². The van der Waals surface area contributed by atoms with Crippen LogP contribution in [-0.4, -0.2) is 42.7 Å². The molecule has 0 spiro atoms. The van der Waals surface area contributed by atoms with Gasteiger partial charge in [-0.1, -0.05) is 70.5 Å². The van der Waals surface area contributed by atoms with Crippen molar-refractivity contribution in [3.05, 3.63) is 100 Å². The Bertz CT molecular complexity index is 1060. The molecule has 0 saturated carbocycles. The van der Waals surface area contributed by atoms with Crippen LogP contribution in [0, 0.1) is 0 Å². The fourth-order valence-corrected chi connectivity index (χ4v) is 4.70. The van der Waals surface area contributed by atoms with Crippen LogP contribution in [0.25, 0.3) is 0 Å². The molecule has 0 heterocycles. The molecule has 1 unspecified atom stereocenters. The van der Waals surface area contributed by atoms with E-state index in [1.807, 2.05) is 78.9 Å². The molecular formula is C27H29BrN2O3S. The molecule has 7 heteroatoms. The van der Waals surface area contributed by atoms with E-state index in [0.29, 0.717) is 18.7 Å². The lowest BCUT2D eigenvalue weighted by atomic mass is 10.0. The Hall–Kier alpha value is -2.77. The van der Waals surface area contributed by atoms with E-state index in [1.165, 1.54) is 0 Å². The van der Waals surface area contributed by atoms with Gasteiger partial charge in [-0.2, -0.15) is 0 Å². The number of amides is 2. The maximum Gasteiger partial charge on any atom is 0.242 e. The molecule has 1 atom stereocenters. The summed E-state index contributed by atoms with van der Waals surface area (Å²) in [6.45, 7) is 0.361. The molecule has 0 bridgehead atoms. The Morgan fingerprint density at radius 2 is 1.59 bits per heavy atom. The fraction of sp³-hybridized carbons (Fsp3) is 0.259. The van der Waals surface area contributed by atoms with Crippen molar-refractivity contribution < 1.29 is 14.3 Å². The molecule has 0 radical (unpaired) electrons. The van der Waals surface area contributed by atoms with E-state index in [4.69, 9.17) is 4.74 Å². The first-order chi connectivity index (χ1) is 16.5. The van der Waals surface area contributed by atoms with Crippen LogP contribution in [0.1, 0.15) is 16.7 Å². The van der Waals surface area contributed by atoms with Crippen molar-refractivity contribution in [2.45, 2.75) is 24.8 Å². The molecule has 34 heavy (non-hydrogen) atoms. The van der Waals surface area contributed by atoms with Crippen molar-refractivity contribution in [3.8, 4) is 5.75 Å². The number of benzene rings is 3. The SMILES string of the molecule is CNC(=O)C(Cc1ccccc1)N(Cc1ccc(Br)cc1)C(=O)CSCc1ccc(OC)cc1. The third-order valence-electron chi connectivity index (χ3n) is 5.44. The van der Waals surface area contributed by atoms with E-state index in [2.05, 4.69) is 21.2 Å². The van der Waals surface area contributed by atoms with E-state index in [-0.39, 0.29) is 17.6 Å². The second-order valence-electron chi connectivity index (χ2n) is 7.81. The van der Waals surface area contributed by atoms with Gasteiger partial charge in [0, 0.05) is 30.2 Å². The highest BCUT2D eigenvalue weighted by atomic mass is 79.9. The topological polar surface area (TPSA) is 58.6 Å². The highest BCUT2D eigenvalue weighted by Crippen LogP contribution is 2.20. The van der Waals surface area contributed by atoms with Crippen molar-refractivity contribution in [2.75, 3.05) is 19.9 Å². The minimum Gasteiger partial charge on any atom is -0.497 e. The van der Waals surface area contributed by atoms with Crippen molar-refractivity contribution in [2.24, 2.45) is 0 Å². The van der Waals surface area contributed by atoms with Gasteiger partial charge in [0.25, 0.3) is 0 Å². The Morgan fingerprint density at radius 1 is 0.941 bits per heavy atom. The van der Waals surface area contributed by atoms with Gasteiger partial charge in [0.15, 0.2) is 0 Å². The number of ether oxygens (including phenoxy) is 1. The first-order valence-electron chi connectivity index (χ1n) is 11.0. The molecule has 0 saturated heterocycles. The molecule has 0 aromatic heterocycles. The summed E-state index contributed by atoms with van der Waals surface area (Å²) in [5.41, 5.74) is 3.10. The fourth-order valence-electron chi connectivity index (χ4n) is 3.57. The lowest BCUT2D eigenvalue weighted by Crippen LogP contribution is -2.50. The van der Waals surface area contributed by atoms with Gasteiger partial charge in [0.2, 0.25) is 11.8 Å². The molecular weight excluding hydrogens is 512 g/mol. The third-order valence-corrected chi connectivity index (χ3v) is 6.95. The van der Waals surface area contributed by atoms with Crippen LogP contribution in [0.5, 0.6) is 5.75 Å². The van der Waals surface area contributed by atoms with Gasteiger partial charge in [0.05, 0.1) is 12.9 Å². The molecule has 5 nitrogen and oxygen atoms in total. The molecule has 0 aliphatic heterocycles. The predicted molar refractivity (Wildman–Crippen MR) is 142 cm³/mol. The number of thioether (sulfide) groups is 1. The van der Waals surface area contributed by atoms with Gasteiger partial charge in [-0.3, -0.25) is 9.59 Å². The van der Waals surface area contributed by atoms with Gasteiger partial charge in [-0.05, 0) is 41.0 Å². The lowest BCUT2D eigenvalue weighted by molar-refractivity contribution is -0.139. The van der Waals surface area contributed by atoms with Gasteiger partial charge in [0.1, 0.15) is 11.8 Å². The van der Waals surface area contributed by atoms with E-state index in [1.54, 1.807) is 30.8 Å². The smallest absolute Gasteiger partial charge is 0.242 e. The molecule has 3 aromatic carbocycles. The molecule has 0 aliphatic carbocycles. The summed E-state index contributed by atoms with van der Waals surface area (Å²) in [5, 5.41) is 2.75. The number of hydrogen-bond donors (Lipinski definition) is 1. The third kappa shape index (κ3) is 7.64. The molecule has 2 amide bonds. The molecule has 3 rings (SSSR count). The quantitative estimate of drug-likeness (QED) is 0.368. The number of methoxy groups -OCH3 is 1. The first-order valence-corrected chi connectivity index (χ1v) is 12.9. The van der Waals surface area contributed by atoms with Gasteiger partial charge < -0.3 is 15.0 Å². The number of nitrogens with one attached hydrogen (secondary N) is 1. The summed E-state index contributed by atoms with van der Waals surface area (Å²) >= 11 is 5.00. The average molecular weight is 542 g/mol. The number of carbonyl (C=O) groups is 2. The van der Waals surface area contributed by atoms with Crippen LogP contribution in [0.3, 0.4) is 0 Å². The highest BCUT2D eigenvalue weighted by Gasteiger charge is 2.29. The maximum absolute atomic E-state index is 13.5. The zero-order chi connectivity index (χ0) is 24.3. The van der Waals surface area contributed by atoms with Crippen LogP contribution >= 0.6 is 27.7 Å². The van der Waals surface area contributed by atoms with Gasteiger partial charge >= 0.3 is 0 Å².